The van der Waals surface area contributed by atoms with E-state index in [1.807, 2.05) is 17.5 Å². The van der Waals surface area contributed by atoms with Crippen LogP contribution in [0.15, 0.2) is 34.2 Å². The van der Waals surface area contributed by atoms with Crippen LogP contribution in [0, 0.1) is 0 Å². The molecule has 2 aromatic heterocycles. The Morgan fingerprint density at radius 1 is 1.38 bits per heavy atom. The van der Waals surface area contributed by atoms with E-state index in [-0.39, 0.29) is 6.04 Å². The maximum Gasteiger partial charge on any atom is 0.259 e. The van der Waals surface area contributed by atoms with Gasteiger partial charge in [-0.15, -0.1) is 11.3 Å². The van der Waals surface area contributed by atoms with Gasteiger partial charge < -0.3 is 15.0 Å². The van der Waals surface area contributed by atoms with Gasteiger partial charge in [0.1, 0.15) is 0 Å². The summed E-state index contributed by atoms with van der Waals surface area (Å²) in [7, 11) is 0. The molecule has 6 heteroatoms. The molecule has 3 aromatic rings. The van der Waals surface area contributed by atoms with Gasteiger partial charge in [0, 0.05) is 22.1 Å². The first kappa shape index (κ1) is 14.2. The maximum atomic E-state index is 6.01. The van der Waals surface area contributed by atoms with Gasteiger partial charge in [0.05, 0.1) is 18.2 Å². The monoisotopic (exact) mass is 303 g/mol. The molecule has 0 fully saturated rings. The van der Waals surface area contributed by atoms with E-state index < -0.39 is 0 Å². The number of ether oxygens (including phenoxy) is 1. The zero-order valence-corrected chi connectivity index (χ0v) is 12.6. The van der Waals surface area contributed by atoms with E-state index >= 15 is 0 Å². The van der Waals surface area contributed by atoms with Crippen LogP contribution >= 0.6 is 11.3 Å². The minimum atomic E-state index is -0.362. The molecular weight excluding hydrogens is 286 g/mol. The molecule has 0 spiro atoms. The molecule has 2 heterocycles. The van der Waals surface area contributed by atoms with Crippen molar-refractivity contribution in [2.75, 3.05) is 13.2 Å². The largest absolute Gasteiger partial charge is 0.379 e. The Labute approximate surface area is 126 Å². The predicted molar refractivity (Wildman–Crippen MR) is 83.2 cm³/mol. The van der Waals surface area contributed by atoms with Crippen LogP contribution in [0.25, 0.3) is 21.5 Å². The summed E-state index contributed by atoms with van der Waals surface area (Å²) in [5.74, 6) is 0.991. The van der Waals surface area contributed by atoms with E-state index in [0.717, 1.165) is 17.4 Å². The van der Waals surface area contributed by atoms with E-state index in [1.165, 1.54) is 4.70 Å². The highest BCUT2D eigenvalue weighted by molar-refractivity contribution is 7.17. The Morgan fingerprint density at radius 3 is 3.10 bits per heavy atom. The molecule has 0 amide bonds. The normalized spacial score (nSPS) is 12.9. The quantitative estimate of drug-likeness (QED) is 0.707. The molecule has 1 unspecified atom stereocenters. The molecule has 0 aliphatic rings. The lowest BCUT2D eigenvalue weighted by Gasteiger charge is -2.06. The number of hydrogen-bond donors (Lipinski definition) is 1. The van der Waals surface area contributed by atoms with Crippen LogP contribution < -0.4 is 5.73 Å². The van der Waals surface area contributed by atoms with Gasteiger partial charge in [-0.05, 0) is 12.5 Å². The number of rotatable bonds is 6. The van der Waals surface area contributed by atoms with Crippen molar-refractivity contribution < 1.29 is 9.26 Å². The lowest BCUT2D eigenvalue weighted by atomic mass is 10.2. The van der Waals surface area contributed by atoms with Crippen molar-refractivity contribution in [1.82, 2.24) is 10.1 Å². The lowest BCUT2D eigenvalue weighted by molar-refractivity contribution is 0.119. The first-order valence-electron chi connectivity index (χ1n) is 6.93. The fourth-order valence-corrected chi connectivity index (χ4v) is 3.00. The summed E-state index contributed by atoms with van der Waals surface area (Å²) in [5, 5.41) is 7.12. The number of aromatic nitrogens is 2. The van der Waals surface area contributed by atoms with Crippen molar-refractivity contribution in [3.8, 4) is 11.5 Å². The van der Waals surface area contributed by atoms with Crippen molar-refractivity contribution in [2.45, 2.75) is 19.4 Å². The highest BCUT2D eigenvalue weighted by Crippen LogP contribution is 2.33. The van der Waals surface area contributed by atoms with Gasteiger partial charge in [-0.25, -0.2) is 0 Å². The summed E-state index contributed by atoms with van der Waals surface area (Å²) in [6.07, 6.45) is 0.963. The van der Waals surface area contributed by atoms with E-state index in [1.54, 1.807) is 11.3 Å². The number of hydrogen-bond acceptors (Lipinski definition) is 6. The van der Waals surface area contributed by atoms with Crippen LogP contribution in [-0.2, 0) is 4.74 Å². The summed E-state index contributed by atoms with van der Waals surface area (Å²) >= 11 is 1.66. The SMILES string of the molecule is CCCOCC(N)c1noc(-c2csc3ccccc23)n1. The first-order chi connectivity index (χ1) is 10.3. The molecule has 2 N–H and O–H groups in total. The fourth-order valence-electron chi connectivity index (χ4n) is 2.07. The Bertz CT molecular complexity index is 722. The highest BCUT2D eigenvalue weighted by atomic mass is 32.1. The molecule has 5 nitrogen and oxygen atoms in total. The molecule has 1 atom stereocenters. The van der Waals surface area contributed by atoms with Crippen LogP contribution in [-0.4, -0.2) is 23.4 Å². The molecule has 0 bridgehead atoms. The van der Waals surface area contributed by atoms with Gasteiger partial charge in [0.15, 0.2) is 5.82 Å². The molecule has 0 radical (unpaired) electrons. The second-order valence-corrected chi connectivity index (χ2v) is 5.70. The fraction of sp³-hybridized carbons (Fsp3) is 0.333. The number of nitrogens with two attached hydrogens (primary N) is 1. The number of benzene rings is 1. The summed E-state index contributed by atoms with van der Waals surface area (Å²) in [6, 6.07) is 7.78. The first-order valence-corrected chi connectivity index (χ1v) is 7.81. The second-order valence-electron chi connectivity index (χ2n) is 4.78. The zero-order chi connectivity index (χ0) is 14.7. The van der Waals surface area contributed by atoms with Crippen molar-refractivity contribution in [3.05, 3.63) is 35.5 Å². The second kappa shape index (κ2) is 6.34. The standard InChI is InChI=1S/C15H17N3O2S/c1-2-7-19-8-12(16)14-17-15(20-18-14)11-9-21-13-6-4-3-5-10(11)13/h3-6,9,12H,2,7-8,16H2,1H3. The van der Waals surface area contributed by atoms with E-state index in [9.17, 15) is 0 Å². The summed E-state index contributed by atoms with van der Waals surface area (Å²) in [5.41, 5.74) is 6.96. The minimum absolute atomic E-state index is 0.362. The third-order valence-corrected chi connectivity index (χ3v) is 4.09. The van der Waals surface area contributed by atoms with Gasteiger partial charge in [-0.1, -0.05) is 30.3 Å². The summed E-state index contributed by atoms with van der Waals surface area (Å²) in [6.45, 7) is 3.14. The van der Waals surface area contributed by atoms with Crippen LogP contribution in [0.1, 0.15) is 25.2 Å². The Balaban J connectivity index is 1.81. The van der Waals surface area contributed by atoms with Crippen molar-refractivity contribution >= 4 is 21.4 Å². The molecule has 0 aliphatic heterocycles. The molecular formula is C15H17N3O2S. The maximum absolute atomic E-state index is 6.01. The number of fused-ring (bicyclic) bond motifs is 1. The lowest BCUT2D eigenvalue weighted by Crippen LogP contribution is -2.18. The van der Waals surface area contributed by atoms with E-state index in [0.29, 0.717) is 24.9 Å². The van der Waals surface area contributed by atoms with E-state index in [2.05, 4.69) is 29.2 Å². The van der Waals surface area contributed by atoms with Gasteiger partial charge in [-0.2, -0.15) is 4.98 Å². The molecule has 1 aromatic carbocycles. The van der Waals surface area contributed by atoms with Crippen molar-refractivity contribution in [3.63, 3.8) is 0 Å². The van der Waals surface area contributed by atoms with Crippen LogP contribution in [0.2, 0.25) is 0 Å². The molecule has 0 saturated carbocycles. The van der Waals surface area contributed by atoms with Gasteiger partial charge >= 0.3 is 0 Å². The van der Waals surface area contributed by atoms with Crippen LogP contribution in [0.3, 0.4) is 0 Å². The van der Waals surface area contributed by atoms with Crippen LogP contribution in [0.4, 0.5) is 0 Å². The Kier molecular flexibility index (Phi) is 4.28. The average molecular weight is 303 g/mol. The molecule has 3 rings (SSSR count). The molecule has 0 saturated heterocycles. The van der Waals surface area contributed by atoms with Gasteiger partial charge in [0.25, 0.3) is 5.89 Å². The third kappa shape index (κ3) is 2.97. The Morgan fingerprint density at radius 2 is 2.24 bits per heavy atom. The predicted octanol–water partition coefficient (Wildman–Crippen LogP) is 3.38. The molecule has 0 aliphatic carbocycles. The smallest absolute Gasteiger partial charge is 0.259 e. The van der Waals surface area contributed by atoms with Crippen LogP contribution in [0.5, 0.6) is 0 Å². The van der Waals surface area contributed by atoms with Gasteiger partial charge in [-0.3, -0.25) is 0 Å². The minimum Gasteiger partial charge on any atom is -0.379 e. The zero-order valence-electron chi connectivity index (χ0n) is 11.8. The van der Waals surface area contributed by atoms with E-state index in [4.69, 9.17) is 15.0 Å². The summed E-state index contributed by atoms with van der Waals surface area (Å²) in [4.78, 5) is 4.41. The number of nitrogens with zero attached hydrogens (tertiary/aromatic N) is 2. The number of thiophene rings is 1. The summed E-state index contributed by atoms with van der Waals surface area (Å²) < 4.78 is 12.0. The topological polar surface area (TPSA) is 74.2 Å². The van der Waals surface area contributed by atoms with Crippen molar-refractivity contribution in [1.29, 1.82) is 0 Å². The Hall–Kier alpha value is -1.76. The average Bonchev–Trinajstić information content (AvgIpc) is 3.13. The van der Waals surface area contributed by atoms with Gasteiger partial charge in [0.2, 0.25) is 0 Å². The molecule has 110 valence electrons. The molecule has 21 heavy (non-hydrogen) atoms. The van der Waals surface area contributed by atoms with Crippen molar-refractivity contribution in [2.24, 2.45) is 5.73 Å². The highest BCUT2D eigenvalue weighted by Gasteiger charge is 2.17. The third-order valence-electron chi connectivity index (χ3n) is 3.13.